The van der Waals surface area contributed by atoms with E-state index in [0.717, 1.165) is 9.80 Å². The second-order valence-electron chi connectivity index (χ2n) is 7.53. The second kappa shape index (κ2) is 8.23. The molecule has 2 atom stereocenters. The summed E-state index contributed by atoms with van der Waals surface area (Å²) in [5, 5.41) is 0. The average molecular weight is 416 g/mol. The van der Waals surface area contributed by atoms with Gasteiger partial charge in [-0.25, -0.2) is 0 Å². The first-order valence-corrected chi connectivity index (χ1v) is 9.58. The van der Waals surface area contributed by atoms with Crippen molar-refractivity contribution in [2.24, 2.45) is 0 Å². The molecule has 0 saturated carbocycles. The molecule has 1 unspecified atom stereocenters. The number of carbonyl (C=O) groups is 5. The number of nitrogens with two attached hydrogens (primary N) is 1. The Kier molecular flexibility index (Phi) is 5.88. The first-order valence-electron chi connectivity index (χ1n) is 9.58. The minimum atomic E-state index is -1.09. The van der Waals surface area contributed by atoms with E-state index >= 15 is 0 Å². The number of likely N-dealkylation sites (N-methyl/N-ethyl adjacent to an activating group) is 1. The summed E-state index contributed by atoms with van der Waals surface area (Å²) in [5.74, 6) is -2.78. The number of imide groups is 2. The summed E-state index contributed by atoms with van der Waals surface area (Å²) >= 11 is 0. The summed E-state index contributed by atoms with van der Waals surface area (Å²) in [5.41, 5.74) is 6.35. The van der Waals surface area contributed by atoms with Crippen molar-refractivity contribution in [3.05, 3.63) is 29.3 Å². The van der Waals surface area contributed by atoms with Crippen molar-refractivity contribution in [2.75, 3.05) is 33.0 Å². The topological polar surface area (TPSA) is 130 Å². The van der Waals surface area contributed by atoms with Gasteiger partial charge in [-0.2, -0.15) is 0 Å². The van der Waals surface area contributed by atoms with Crippen molar-refractivity contribution in [3.8, 4) is 0 Å². The maximum Gasteiger partial charge on any atom is 0.323 e. The number of esters is 1. The highest BCUT2D eigenvalue weighted by Crippen LogP contribution is 2.30. The number of fused-ring (bicyclic) bond motifs is 1. The molecule has 1 aromatic carbocycles. The quantitative estimate of drug-likeness (QED) is 0.386. The molecule has 0 aliphatic carbocycles. The Morgan fingerprint density at radius 2 is 1.87 bits per heavy atom. The van der Waals surface area contributed by atoms with Crippen LogP contribution in [-0.2, 0) is 19.1 Å². The van der Waals surface area contributed by atoms with Gasteiger partial charge in [0, 0.05) is 12.1 Å². The molecule has 2 N–H and O–H groups in total. The number of likely N-dealkylation sites (tertiary alicyclic amines) is 1. The van der Waals surface area contributed by atoms with Crippen molar-refractivity contribution < 1.29 is 28.7 Å². The second-order valence-corrected chi connectivity index (χ2v) is 7.53. The molecule has 0 spiro atoms. The molecule has 10 heteroatoms. The van der Waals surface area contributed by atoms with Gasteiger partial charge < -0.3 is 10.5 Å². The lowest BCUT2D eigenvalue weighted by molar-refractivity contribution is -0.157. The molecule has 4 amide bonds. The van der Waals surface area contributed by atoms with Gasteiger partial charge in [0.15, 0.2) is 0 Å². The van der Waals surface area contributed by atoms with Crippen LogP contribution in [-0.4, -0.2) is 83.6 Å². The van der Waals surface area contributed by atoms with E-state index in [4.69, 9.17) is 10.5 Å². The van der Waals surface area contributed by atoms with Gasteiger partial charge in [-0.1, -0.05) is 0 Å². The van der Waals surface area contributed by atoms with E-state index in [-0.39, 0.29) is 37.1 Å². The molecular weight excluding hydrogens is 392 g/mol. The van der Waals surface area contributed by atoms with Crippen LogP contribution in [0.3, 0.4) is 0 Å². The molecule has 1 aromatic rings. The fraction of sp³-hybridized carbons (Fsp3) is 0.450. The number of benzene rings is 1. The van der Waals surface area contributed by atoms with E-state index in [1.54, 1.807) is 25.9 Å². The normalized spacial score (nSPS) is 20.1. The lowest BCUT2D eigenvalue weighted by Gasteiger charge is -2.34. The number of anilines is 1. The predicted octanol–water partition coefficient (Wildman–Crippen LogP) is -0.124. The fourth-order valence-electron chi connectivity index (χ4n) is 3.42. The minimum absolute atomic E-state index is 0.00595. The third-order valence-corrected chi connectivity index (χ3v) is 5.41. The molecule has 3 rings (SSSR count). The molecule has 2 heterocycles. The molecule has 0 radical (unpaired) electrons. The van der Waals surface area contributed by atoms with Crippen molar-refractivity contribution in [1.82, 2.24) is 14.7 Å². The number of ether oxygens (including phenoxy) is 1. The first-order chi connectivity index (χ1) is 14.1. The van der Waals surface area contributed by atoms with Crippen LogP contribution in [0, 0.1) is 0 Å². The molecule has 10 nitrogen and oxygen atoms in total. The average Bonchev–Trinajstić information content (AvgIpc) is 2.93. The van der Waals surface area contributed by atoms with Crippen LogP contribution in [0.25, 0.3) is 0 Å². The zero-order valence-electron chi connectivity index (χ0n) is 17.1. The molecule has 30 heavy (non-hydrogen) atoms. The number of hydrogen-bond donors (Lipinski definition) is 1. The van der Waals surface area contributed by atoms with Gasteiger partial charge in [-0.3, -0.25) is 38.7 Å². The Bertz CT molecular complexity index is 928. The summed E-state index contributed by atoms with van der Waals surface area (Å²) < 4.78 is 5.14. The molecular formula is C20H24N4O6. The Morgan fingerprint density at radius 3 is 2.53 bits per heavy atom. The van der Waals surface area contributed by atoms with Crippen molar-refractivity contribution in [2.45, 2.75) is 31.8 Å². The van der Waals surface area contributed by atoms with E-state index in [9.17, 15) is 24.0 Å². The standard InChI is InChI=1S/C20H24N4O6/c1-11(22(2)3)20(29)30-9-8-23-16(25)7-6-15(19(23)28)24-17(26)13-5-4-12(21)10-14(13)18(24)27/h4-5,10-11,15H,6-9,21H2,1-3H3/t11-,15?/m0/s1. The number of hydrogen-bond acceptors (Lipinski definition) is 8. The Morgan fingerprint density at radius 1 is 1.20 bits per heavy atom. The van der Waals surface area contributed by atoms with Crippen LogP contribution in [0.15, 0.2) is 18.2 Å². The van der Waals surface area contributed by atoms with E-state index in [0.29, 0.717) is 5.69 Å². The lowest BCUT2D eigenvalue weighted by atomic mass is 10.0. The number of piperidine rings is 1. The Hall–Kier alpha value is -3.27. The molecule has 0 aromatic heterocycles. The van der Waals surface area contributed by atoms with Crippen LogP contribution in [0.5, 0.6) is 0 Å². The Labute approximate surface area is 173 Å². The molecule has 2 aliphatic rings. The molecule has 1 fully saturated rings. The maximum absolute atomic E-state index is 12.9. The number of carbonyl (C=O) groups excluding carboxylic acids is 5. The molecule has 160 valence electrons. The van der Waals surface area contributed by atoms with Crippen molar-refractivity contribution in [1.29, 1.82) is 0 Å². The predicted molar refractivity (Wildman–Crippen MR) is 105 cm³/mol. The van der Waals surface area contributed by atoms with E-state index in [2.05, 4.69) is 0 Å². The zero-order chi connectivity index (χ0) is 22.2. The van der Waals surface area contributed by atoms with Gasteiger partial charge in [0.05, 0.1) is 17.7 Å². The monoisotopic (exact) mass is 416 g/mol. The van der Waals surface area contributed by atoms with Gasteiger partial charge in [-0.15, -0.1) is 0 Å². The highest BCUT2D eigenvalue weighted by molar-refractivity contribution is 6.23. The fourth-order valence-corrected chi connectivity index (χ4v) is 3.42. The highest BCUT2D eigenvalue weighted by atomic mass is 16.5. The van der Waals surface area contributed by atoms with Gasteiger partial charge in [0.25, 0.3) is 17.7 Å². The summed E-state index contributed by atoms with van der Waals surface area (Å²) in [6.07, 6.45) is 0.0422. The van der Waals surface area contributed by atoms with Crippen LogP contribution in [0.2, 0.25) is 0 Å². The lowest BCUT2D eigenvalue weighted by Crippen LogP contribution is -2.56. The number of nitrogens with zero attached hydrogens (tertiary/aromatic N) is 3. The SMILES string of the molecule is C[C@@H](C(=O)OCCN1C(=O)CCC(N2C(=O)c3ccc(N)cc3C2=O)C1=O)N(C)C. The van der Waals surface area contributed by atoms with Crippen molar-refractivity contribution >= 4 is 35.3 Å². The summed E-state index contributed by atoms with van der Waals surface area (Å²) in [6.45, 7) is 1.36. The van der Waals surface area contributed by atoms with Crippen LogP contribution < -0.4 is 5.73 Å². The van der Waals surface area contributed by atoms with Gasteiger partial charge in [-0.05, 0) is 45.6 Å². The van der Waals surface area contributed by atoms with Crippen LogP contribution >= 0.6 is 0 Å². The summed E-state index contributed by atoms with van der Waals surface area (Å²) in [7, 11) is 3.45. The number of nitrogen functional groups attached to an aromatic ring is 1. The third-order valence-electron chi connectivity index (χ3n) is 5.41. The van der Waals surface area contributed by atoms with E-state index in [1.165, 1.54) is 18.2 Å². The summed E-state index contributed by atoms with van der Waals surface area (Å²) in [6, 6.07) is 2.79. The minimum Gasteiger partial charge on any atom is -0.463 e. The Balaban J connectivity index is 1.71. The van der Waals surface area contributed by atoms with E-state index < -0.39 is 41.7 Å². The molecule has 0 bridgehead atoms. The zero-order valence-corrected chi connectivity index (χ0v) is 17.1. The van der Waals surface area contributed by atoms with Gasteiger partial charge in [0.2, 0.25) is 5.91 Å². The summed E-state index contributed by atoms with van der Waals surface area (Å²) in [4.78, 5) is 66.1. The first kappa shape index (κ1) is 21.4. The largest absolute Gasteiger partial charge is 0.463 e. The molecule has 1 saturated heterocycles. The maximum atomic E-state index is 12.9. The number of rotatable bonds is 6. The van der Waals surface area contributed by atoms with E-state index in [1.807, 2.05) is 0 Å². The van der Waals surface area contributed by atoms with Crippen molar-refractivity contribution in [3.63, 3.8) is 0 Å². The third kappa shape index (κ3) is 3.78. The molecule has 2 aliphatic heterocycles. The smallest absolute Gasteiger partial charge is 0.323 e. The van der Waals surface area contributed by atoms with Crippen LogP contribution in [0.4, 0.5) is 5.69 Å². The van der Waals surface area contributed by atoms with Crippen LogP contribution in [0.1, 0.15) is 40.5 Å². The van der Waals surface area contributed by atoms with Gasteiger partial charge in [0.1, 0.15) is 18.7 Å². The number of amides is 4. The highest BCUT2D eigenvalue weighted by Gasteiger charge is 2.46. The van der Waals surface area contributed by atoms with Gasteiger partial charge >= 0.3 is 5.97 Å².